The number of aliphatic hydroxyl groups is 1. The number of aromatic nitrogens is 2. The Morgan fingerprint density at radius 1 is 1.58 bits per heavy atom. The third-order valence-corrected chi connectivity index (χ3v) is 4.13. The molecule has 106 valence electrons. The lowest BCUT2D eigenvalue weighted by molar-refractivity contribution is 0.0696. The monoisotopic (exact) mass is 265 g/mol. The van der Waals surface area contributed by atoms with Crippen molar-refractivity contribution in [3.05, 3.63) is 17.0 Å². The molecule has 0 aromatic carbocycles. The van der Waals surface area contributed by atoms with Crippen LogP contribution in [0.5, 0.6) is 0 Å². The highest BCUT2D eigenvalue weighted by Gasteiger charge is 2.36. The standard InChI is InChI=1S/C14H23N3O2/c1-9-5-4-6-14(7-9,8-18)15-13(19)12-10(2)16-17-11(12)3/h9,18H,4-8H2,1-3H3,(H,15,19)(H,16,17). The summed E-state index contributed by atoms with van der Waals surface area (Å²) in [5.74, 6) is 0.402. The molecule has 2 atom stereocenters. The van der Waals surface area contributed by atoms with Crippen molar-refractivity contribution in [2.24, 2.45) is 5.92 Å². The maximum atomic E-state index is 12.4. The van der Waals surface area contributed by atoms with Gasteiger partial charge in [-0.15, -0.1) is 0 Å². The normalized spacial score (nSPS) is 27.3. The van der Waals surface area contributed by atoms with Crippen LogP contribution in [0.1, 0.15) is 54.4 Å². The van der Waals surface area contributed by atoms with Crippen molar-refractivity contribution in [3.8, 4) is 0 Å². The molecule has 1 saturated carbocycles. The van der Waals surface area contributed by atoms with Crippen LogP contribution in [0.25, 0.3) is 0 Å². The molecule has 1 aromatic heterocycles. The van der Waals surface area contributed by atoms with Gasteiger partial charge in [0.15, 0.2) is 0 Å². The molecule has 5 nitrogen and oxygen atoms in total. The number of carbonyl (C=O) groups is 1. The lowest BCUT2D eigenvalue weighted by atomic mass is 9.76. The van der Waals surface area contributed by atoms with Gasteiger partial charge in [0.2, 0.25) is 0 Å². The van der Waals surface area contributed by atoms with Gasteiger partial charge in [0, 0.05) is 5.69 Å². The molecule has 0 aliphatic heterocycles. The van der Waals surface area contributed by atoms with Crippen LogP contribution in [-0.4, -0.2) is 33.4 Å². The Kier molecular flexibility index (Phi) is 3.94. The van der Waals surface area contributed by atoms with Crippen molar-refractivity contribution < 1.29 is 9.90 Å². The van der Waals surface area contributed by atoms with Crippen molar-refractivity contribution in [1.29, 1.82) is 0 Å². The van der Waals surface area contributed by atoms with Crippen molar-refractivity contribution >= 4 is 5.91 Å². The summed E-state index contributed by atoms with van der Waals surface area (Å²) in [5.41, 5.74) is 1.61. The quantitative estimate of drug-likeness (QED) is 0.778. The van der Waals surface area contributed by atoms with E-state index < -0.39 is 5.54 Å². The molecule has 1 amide bonds. The van der Waals surface area contributed by atoms with Crippen molar-refractivity contribution in [2.75, 3.05) is 6.61 Å². The van der Waals surface area contributed by atoms with E-state index in [9.17, 15) is 9.90 Å². The fourth-order valence-corrected chi connectivity index (χ4v) is 3.15. The third kappa shape index (κ3) is 2.81. The summed E-state index contributed by atoms with van der Waals surface area (Å²) in [4.78, 5) is 12.4. The van der Waals surface area contributed by atoms with Gasteiger partial charge in [-0.3, -0.25) is 9.89 Å². The molecule has 0 saturated heterocycles. The first-order valence-electron chi connectivity index (χ1n) is 6.92. The fourth-order valence-electron chi connectivity index (χ4n) is 3.15. The Labute approximate surface area is 113 Å². The van der Waals surface area contributed by atoms with E-state index in [0.717, 1.165) is 25.0 Å². The van der Waals surface area contributed by atoms with E-state index in [1.807, 2.05) is 13.8 Å². The van der Waals surface area contributed by atoms with Gasteiger partial charge in [0.25, 0.3) is 5.91 Å². The van der Waals surface area contributed by atoms with Crippen LogP contribution in [0.15, 0.2) is 0 Å². The predicted molar refractivity (Wildman–Crippen MR) is 73.0 cm³/mol. The van der Waals surface area contributed by atoms with Crippen LogP contribution < -0.4 is 5.32 Å². The summed E-state index contributed by atoms with van der Waals surface area (Å²) in [7, 11) is 0. The number of rotatable bonds is 3. The van der Waals surface area contributed by atoms with Crippen molar-refractivity contribution in [1.82, 2.24) is 15.5 Å². The van der Waals surface area contributed by atoms with Gasteiger partial charge in [-0.25, -0.2) is 0 Å². The summed E-state index contributed by atoms with van der Waals surface area (Å²) < 4.78 is 0. The SMILES string of the molecule is Cc1n[nH]c(C)c1C(=O)NC1(CO)CCCC(C)C1. The first-order chi connectivity index (χ1) is 8.97. The number of nitrogens with zero attached hydrogens (tertiary/aromatic N) is 1. The number of aromatic amines is 1. The van der Waals surface area contributed by atoms with Crippen LogP contribution in [0.4, 0.5) is 0 Å². The molecular weight excluding hydrogens is 242 g/mol. The van der Waals surface area contributed by atoms with E-state index in [4.69, 9.17) is 0 Å². The largest absolute Gasteiger partial charge is 0.394 e. The predicted octanol–water partition coefficient (Wildman–Crippen LogP) is 1.70. The molecule has 2 rings (SSSR count). The second kappa shape index (κ2) is 5.33. The summed E-state index contributed by atoms with van der Waals surface area (Å²) >= 11 is 0. The first kappa shape index (κ1) is 14.1. The van der Waals surface area contributed by atoms with Crippen molar-refractivity contribution in [3.63, 3.8) is 0 Å². The zero-order chi connectivity index (χ0) is 14.0. The Hall–Kier alpha value is -1.36. The van der Waals surface area contributed by atoms with E-state index >= 15 is 0 Å². The van der Waals surface area contributed by atoms with E-state index in [1.165, 1.54) is 6.42 Å². The lowest BCUT2D eigenvalue weighted by Gasteiger charge is -2.39. The summed E-state index contributed by atoms with van der Waals surface area (Å²) in [6.07, 6.45) is 3.90. The van der Waals surface area contributed by atoms with Crippen molar-refractivity contribution in [2.45, 2.75) is 52.0 Å². The van der Waals surface area contributed by atoms with Crippen LogP contribution in [0.3, 0.4) is 0 Å². The van der Waals surface area contributed by atoms with Gasteiger partial charge in [-0.05, 0) is 32.6 Å². The van der Waals surface area contributed by atoms with Gasteiger partial charge >= 0.3 is 0 Å². The minimum absolute atomic E-state index is 0.000966. The van der Waals surface area contributed by atoms with Gasteiger partial charge in [-0.2, -0.15) is 5.10 Å². The van der Waals surface area contributed by atoms with Gasteiger partial charge in [0.1, 0.15) is 0 Å². The molecule has 1 aromatic rings. The molecule has 3 N–H and O–H groups in total. The smallest absolute Gasteiger partial charge is 0.255 e. The fraction of sp³-hybridized carbons (Fsp3) is 0.714. The first-order valence-corrected chi connectivity index (χ1v) is 6.92. The molecule has 19 heavy (non-hydrogen) atoms. The van der Waals surface area contributed by atoms with Crippen LogP contribution in [-0.2, 0) is 0 Å². The Morgan fingerprint density at radius 3 is 2.84 bits per heavy atom. The average molecular weight is 265 g/mol. The Balaban J connectivity index is 2.17. The number of carbonyl (C=O) groups excluding carboxylic acids is 1. The molecule has 2 unspecified atom stereocenters. The number of nitrogens with one attached hydrogen (secondary N) is 2. The van der Waals surface area contributed by atoms with Gasteiger partial charge in [0.05, 0.1) is 23.4 Å². The molecule has 0 bridgehead atoms. The highest BCUT2D eigenvalue weighted by Crippen LogP contribution is 2.32. The molecule has 0 radical (unpaired) electrons. The number of H-pyrrole nitrogens is 1. The number of aliphatic hydroxyl groups excluding tert-OH is 1. The molecule has 5 heteroatoms. The highest BCUT2D eigenvalue weighted by molar-refractivity contribution is 5.96. The van der Waals surface area contributed by atoms with E-state index in [0.29, 0.717) is 17.2 Å². The molecule has 1 fully saturated rings. The minimum Gasteiger partial charge on any atom is -0.394 e. The number of aryl methyl sites for hydroxylation is 2. The lowest BCUT2D eigenvalue weighted by Crippen LogP contribution is -2.54. The van der Waals surface area contributed by atoms with Gasteiger partial charge < -0.3 is 10.4 Å². The highest BCUT2D eigenvalue weighted by atomic mass is 16.3. The topological polar surface area (TPSA) is 78.0 Å². The summed E-state index contributed by atoms with van der Waals surface area (Å²) in [6.45, 7) is 5.82. The second-order valence-corrected chi connectivity index (χ2v) is 5.90. The third-order valence-electron chi connectivity index (χ3n) is 4.13. The minimum atomic E-state index is -0.467. The number of hydrogen-bond acceptors (Lipinski definition) is 3. The van der Waals surface area contributed by atoms with E-state index in [-0.39, 0.29) is 12.5 Å². The molecule has 0 spiro atoms. The zero-order valence-corrected chi connectivity index (χ0v) is 11.9. The van der Waals surface area contributed by atoms with Crippen LogP contribution in [0.2, 0.25) is 0 Å². The molecule has 1 heterocycles. The molecule has 1 aliphatic carbocycles. The molecular formula is C14H23N3O2. The Morgan fingerprint density at radius 2 is 2.32 bits per heavy atom. The molecule has 1 aliphatic rings. The number of hydrogen-bond donors (Lipinski definition) is 3. The zero-order valence-electron chi connectivity index (χ0n) is 11.9. The van der Waals surface area contributed by atoms with Gasteiger partial charge in [-0.1, -0.05) is 19.8 Å². The maximum absolute atomic E-state index is 12.4. The summed E-state index contributed by atoms with van der Waals surface area (Å²) in [5, 5.41) is 19.6. The van der Waals surface area contributed by atoms with E-state index in [1.54, 1.807) is 0 Å². The van der Waals surface area contributed by atoms with Crippen LogP contribution in [0, 0.1) is 19.8 Å². The number of amides is 1. The second-order valence-electron chi connectivity index (χ2n) is 5.90. The van der Waals surface area contributed by atoms with E-state index in [2.05, 4.69) is 22.4 Å². The maximum Gasteiger partial charge on any atom is 0.255 e. The Bertz CT molecular complexity index is 450. The van der Waals surface area contributed by atoms with Crippen LogP contribution >= 0.6 is 0 Å². The summed E-state index contributed by atoms with van der Waals surface area (Å²) in [6, 6.07) is 0. The average Bonchev–Trinajstić information content (AvgIpc) is 2.69.